The minimum Gasteiger partial charge on any atom is -0.493 e. The fourth-order valence-corrected chi connectivity index (χ4v) is 2.00. The average Bonchev–Trinajstić information content (AvgIpc) is 2.88. The maximum Gasteiger partial charge on any atom is 0.183 e. The van der Waals surface area contributed by atoms with Crippen LogP contribution in [0.2, 0.25) is 0 Å². The number of hydrogen-bond acceptors (Lipinski definition) is 5. The highest BCUT2D eigenvalue weighted by Crippen LogP contribution is 2.28. The molecule has 0 aliphatic carbocycles. The second kappa shape index (κ2) is 6.91. The number of rotatable bonds is 7. The Labute approximate surface area is 118 Å². The van der Waals surface area contributed by atoms with Crippen LogP contribution in [0.15, 0.2) is 24.5 Å². The van der Waals surface area contributed by atoms with Gasteiger partial charge >= 0.3 is 0 Å². The summed E-state index contributed by atoms with van der Waals surface area (Å²) in [6, 6.07) is 3.81. The molecule has 2 heterocycles. The highest BCUT2D eigenvalue weighted by Gasteiger charge is 2.10. The Morgan fingerprint density at radius 3 is 2.75 bits per heavy atom. The van der Waals surface area contributed by atoms with Crippen molar-refractivity contribution in [1.82, 2.24) is 20.1 Å². The topological polar surface area (TPSA) is 61.2 Å². The predicted octanol–water partition coefficient (Wildman–Crippen LogP) is 1.16. The van der Waals surface area contributed by atoms with Crippen LogP contribution in [0.3, 0.4) is 0 Å². The van der Waals surface area contributed by atoms with E-state index < -0.39 is 0 Å². The van der Waals surface area contributed by atoms with Gasteiger partial charge in [-0.25, -0.2) is 0 Å². The van der Waals surface area contributed by atoms with Gasteiger partial charge in [0.25, 0.3) is 0 Å². The van der Waals surface area contributed by atoms with Crippen molar-refractivity contribution in [2.24, 2.45) is 7.05 Å². The smallest absolute Gasteiger partial charge is 0.183 e. The number of methoxy groups -OCH3 is 2. The maximum absolute atomic E-state index is 5.34. The lowest BCUT2D eigenvalue weighted by Crippen LogP contribution is -2.18. The van der Waals surface area contributed by atoms with Gasteiger partial charge in [-0.05, 0) is 6.07 Å². The third-order valence-electron chi connectivity index (χ3n) is 2.99. The van der Waals surface area contributed by atoms with Gasteiger partial charge in [0.1, 0.15) is 0 Å². The normalized spacial score (nSPS) is 10.6. The lowest BCUT2D eigenvalue weighted by molar-refractivity contribution is 0.348. The van der Waals surface area contributed by atoms with Gasteiger partial charge in [-0.2, -0.15) is 5.10 Å². The molecule has 108 valence electrons. The summed E-state index contributed by atoms with van der Waals surface area (Å²) in [6.07, 6.45) is 4.55. The SMILES string of the molecule is COc1ccnc(CNCCc2ccn(C)n2)c1OC. The van der Waals surface area contributed by atoms with Crippen molar-refractivity contribution in [1.29, 1.82) is 0 Å². The van der Waals surface area contributed by atoms with E-state index in [0.29, 0.717) is 18.0 Å². The monoisotopic (exact) mass is 276 g/mol. The Balaban J connectivity index is 1.87. The van der Waals surface area contributed by atoms with Crippen LogP contribution >= 0.6 is 0 Å². The van der Waals surface area contributed by atoms with E-state index in [1.807, 2.05) is 24.0 Å². The van der Waals surface area contributed by atoms with Gasteiger partial charge in [-0.3, -0.25) is 9.67 Å². The molecule has 0 aliphatic heterocycles. The van der Waals surface area contributed by atoms with E-state index in [-0.39, 0.29) is 0 Å². The Bertz CT molecular complexity index is 554. The number of hydrogen-bond donors (Lipinski definition) is 1. The van der Waals surface area contributed by atoms with Crippen molar-refractivity contribution in [2.75, 3.05) is 20.8 Å². The highest BCUT2D eigenvalue weighted by atomic mass is 16.5. The first-order valence-electron chi connectivity index (χ1n) is 6.49. The van der Waals surface area contributed by atoms with Crippen molar-refractivity contribution in [3.8, 4) is 11.5 Å². The zero-order valence-electron chi connectivity index (χ0n) is 12.1. The fraction of sp³-hybridized carbons (Fsp3) is 0.429. The van der Waals surface area contributed by atoms with E-state index in [1.165, 1.54) is 0 Å². The molecule has 2 aromatic rings. The first-order valence-corrected chi connectivity index (χ1v) is 6.49. The van der Waals surface area contributed by atoms with Crippen LogP contribution < -0.4 is 14.8 Å². The summed E-state index contributed by atoms with van der Waals surface area (Å²) in [7, 11) is 5.16. The molecule has 0 bridgehead atoms. The summed E-state index contributed by atoms with van der Waals surface area (Å²) in [4.78, 5) is 4.32. The van der Waals surface area contributed by atoms with Gasteiger partial charge < -0.3 is 14.8 Å². The molecule has 20 heavy (non-hydrogen) atoms. The molecular weight excluding hydrogens is 256 g/mol. The lowest BCUT2D eigenvalue weighted by Gasteiger charge is -2.11. The first kappa shape index (κ1) is 14.3. The molecule has 0 fully saturated rings. The fourth-order valence-electron chi connectivity index (χ4n) is 2.00. The van der Waals surface area contributed by atoms with E-state index in [2.05, 4.69) is 15.4 Å². The van der Waals surface area contributed by atoms with E-state index in [1.54, 1.807) is 26.5 Å². The Morgan fingerprint density at radius 1 is 1.25 bits per heavy atom. The molecule has 0 saturated carbocycles. The molecule has 6 heteroatoms. The van der Waals surface area contributed by atoms with E-state index >= 15 is 0 Å². The molecule has 0 radical (unpaired) electrons. The number of nitrogens with zero attached hydrogens (tertiary/aromatic N) is 3. The summed E-state index contributed by atoms with van der Waals surface area (Å²) in [5, 5.41) is 7.67. The lowest BCUT2D eigenvalue weighted by atomic mass is 10.2. The van der Waals surface area contributed by atoms with Crippen molar-refractivity contribution in [3.63, 3.8) is 0 Å². The second-order valence-electron chi connectivity index (χ2n) is 4.40. The zero-order chi connectivity index (χ0) is 14.4. The third kappa shape index (κ3) is 3.48. The van der Waals surface area contributed by atoms with Crippen LogP contribution in [-0.4, -0.2) is 35.5 Å². The molecule has 2 aromatic heterocycles. The minimum atomic E-state index is 0.632. The summed E-state index contributed by atoms with van der Waals surface area (Å²) in [5.41, 5.74) is 1.92. The van der Waals surface area contributed by atoms with Crippen molar-refractivity contribution >= 4 is 0 Å². The summed E-state index contributed by atoms with van der Waals surface area (Å²) >= 11 is 0. The molecular formula is C14H20N4O2. The van der Waals surface area contributed by atoms with Gasteiger partial charge in [-0.15, -0.1) is 0 Å². The van der Waals surface area contributed by atoms with Crippen LogP contribution in [0.4, 0.5) is 0 Å². The molecule has 6 nitrogen and oxygen atoms in total. The summed E-state index contributed by atoms with van der Waals surface area (Å²) in [6.45, 7) is 1.46. The maximum atomic E-state index is 5.34. The van der Waals surface area contributed by atoms with Crippen LogP contribution in [0.25, 0.3) is 0 Å². The number of aromatic nitrogens is 3. The highest BCUT2D eigenvalue weighted by molar-refractivity contribution is 5.42. The molecule has 1 N–H and O–H groups in total. The number of nitrogens with one attached hydrogen (secondary N) is 1. The molecule has 0 saturated heterocycles. The van der Waals surface area contributed by atoms with Gasteiger partial charge in [-0.1, -0.05) is 0 Å². The minimum absolute atomic E-state index is 0.632. The summed E-state index contributed by atoms with van der Waals surface area (Å²) in [5.74, 6) is 1.38. The van der Waals surface area contributed by atoms with Crippen LogP contribution in [0.5, 0.6) is 11.5 Å². The van der Waals surface area contributed by atoms with Gasteiger partial charge in [0.15, 0.2) is 11.5 Å². The summed E-state index contributed by atoms with van der Waals surface area (Å²) < 4.78 is 12.4. The van der Waals surface area contributed by atoms with E-state index in [9.17, 15) is 0 Å². The Hall–Kier alpha value is -2.08. The first-order chi connectivity index (χ1) is 9.74. The van der Waals surface area contributed by atoms with Crippen molar-refractivity contribution in [3.05, 3.63) is 35.9 Å². The number of aryl methyl sites for hydroxylation is 1. The molecule has 0 spiro atoms. The van der Waals surface area contributed by atoms with Gasteiger partial charge in [0, 0.05) is 45.0 Å². The number of pyridine rings is 1. The van der Waals surface area contributed by atoms with Crippen molar-refractivity contribution in [2.45, 2.75) is 13.0 Å². The molecule has 0 aliphatic rings. The largest absolute Gasteiger partial charge is 0.493 e. The quantitative estimate of drug-likeness (QED) is 0.769. The Morgan fingerprint density at radius 2 is 2.10 bits per heavy atom. The molecule has 0 amide bonds. The van der Waals surface area contributed by atoms with Crippen LogP contribution in [-0.2, 0) is 20.0 Å². The van der Waals surface area contributed by atoms with Crippen molar-refractivity contribution < 1.29 is 9.47 Å². The van der Waals surface area contributed by atoms with Gasteiger partial charge in [0.2, 0.25) is 0 Å². The Kier molecular flexibility index (Phi) is 4.95. The zero-order valence-corrected chi connectivity index (χ0v) is 12.1. The molecule has 2 rings (SSSR count). The second-order valence-corrected chi connectivity index (χ2v) is 4.40. The predicted molar refractivity (Wildman–Crippen MR) is 76.0 cm³/mol. The van der Waals surface area contributed by atoms with Crippen LogP contribution in [0.1, 0.15) is 11.4 Å². The molecule has 0 atom stereocenters. The van der Waals surface area contributed by atoms with Crippen LogP contribution in [0, 0.1) is 0 Å². The van der Waals surface area contributed by atoms with E-state index in [0.717, 1.165) is 24.4 Å². The average molecular weight is 276 g/mol. The molecule has 0 unspecified atom stereocenters. The molecule has 0 aromatic carbocycles. The standard InChI is InChI=1S/C14H20N4O2/c1-18-9-6-11(17-18)4-7-15-10-12-14(20-3)13(19-2)5-8-16-12/h5-6,8-9,15H,4,7,10H2,1-3H3. The number of ether oxygens (including phenoxy) is 2. The van der Waals surface area contributed by atoms with E-state index in [4.69, 9.17) is 9.47 Å². The van der Waals surface area contributed by atoms with Gasteiger partial charge in [0.05, 0.1) is 25.6 Å². The third-order valence-corrected chi connectivity index (χ3v) is 2.99.